The maximum Gasteiger partial charge on any atom is 0.0443 e. The molecule has 0 bridgehead atoms. The smallest absolute Gasteiger partial charge is 0.0443 e. The van der Waals surface area contributed by atoms with Gasteiger partial charge in [-0.25, -0.2) is 0 Å². The molecule has 1 aliphatic carbocycles. The van der Waals surface area contributed by atoms with Crippen LogP contribution in [0.3, 0.4) is 0 Å². The summed E-state index contributed by atoms with van der Waals surface area (Å²) in [4.78, 5) is 0. The lowest BCUT2D eigenvalue weighted by Gasteiger charge is -2.18. The van der Waals surface area contributed by atoms with E-state index in [9.17, 15) is 0 Å². The van der Waals surface area contributed by atoms with Gasteiger partial charge < -0.3 is 10.4 Å². The number of aliphatic hydroxyl groups excluding tert-OH is 1. The predicted octanol–water partition coefficient (Wildman–Crippen LogP) is 1.24. The summed E-state index contributed by atoms with van der Waals surface area (Å²) in [6, 6.07) is 0.701. The molecule has 0 aromatic carbocycles. The van der Waals surface area contributed by atoms with Gasteiger partial charge in [-0.2, -0.15) is 11.8 Å². The van der Waals surface area contributed by atoms with Gasteiger partial charge in [-0.1, -0.05) is 6.42 Å². The van der Waals surface area contributed by atoms with Gasteiger partial charge in [0.2, 0.25) is 0 Å². The molecule has 2 nitrogen and oxygen atoms in total. The van der Waals surface area contributed by atoms with Crippen molar-refractivity contribution in [2.24, 2.45) is 0 Å². The van der Waals surface area contributed by atoms with Gasteiger partial charge in [0.25, 0.3) is 0 Å². The number of rotatable bonds is 5. The summed E-state index contributed by atoms with van der Waals surface area (Å²) in [5.41, 5.74) is 0. The summed E-state index contributed by atoms with van der Waals surface area (Å²) in [5.74, 6) is 0. The van der Waals surface area contributed by atoms with Gasteiger partial charge in [-0.3, -0.25) is 0 Å². The van der Waals surface area contributed by atoms with Crippen molar-refractivity contribution in [1.29, 1.82) is 0 Å². The fourth-order valence-electron chi connectivity index (χ4n) is 1.81. The zero-order valence-electron chi connectivity index (χ0n) is 7.75. The summed E-state index contributed by atoms with van der Waals surface area (Å²) < 4.78 is 0. The van der Waals surface area contributed by atoms with Crippen molar-refractivity contribution in [1.82, 2.24) is 5.32 Å². The zero-order chi connectivity index (χ0) is 8.81. The van der Waals surface area contributed by atoms with Crippen LogP contribution in [0.2, 0.25) is 0 Å². The van der Waals surface area contributed by atoms with Crippen LogP contribution in [-0.4, -0.2) is 35.8 Å². The highest BCUT2D eigenvalue weighted by Crippen LogP contribution is 2.28. The van der Waals surface area contributed by atoms with E-state index in [0.717, 1.165) is 18.2 Å². The summed E-state index contributed by atoms with van der Waals surface area (Å²) >= 11 is 1.97. The van der Waals surface area contributed by atoms with Gasteiger partial charge in [0.15, 0.2) is 0 Å². The first-order valence-corrected chi connectivity index (χ1v) is 6.04. The highest BCUT2D eigenvalue weighted by atomic mass is 32.2. The summed E-state index contributed by atoms with van der Waals surface area (Å²) in [6.45, 7) is 1.28. The monoisotopic (exact) mass is 189 g/mol. The molecule has 12 heavy (non-hydrogen) atoms. The van der Waals surface area contributed by atoms with E-state index in [1.807, 2.05) is 11.8 Å². The minimum Gasteiger partial charge on any atom is -0.396 e. The molecule has 0 radical (unpaired) electrons. The third kappa shape index (κ3) is 2.96. The van der Waals surface area contributed by atoms with Crippen molar-refractivity contribution in [3.8, 4) is 0 Å². The van der Waals surface area contributed by atoms with Crippen LogP contribution < -0.4 is 5.32 Å². The lowest BCUT2D eigenvalue weighted by molar-refractivity contribution is 0.283. The lowest BCUT2D eigenvalue weighted by atomic mass is 10.2. The molecule has 2 atom stereocenters. The van der Waals surface area contributed by atoms with Gasteiger partial charge in [-0.15, -0.1) is 0 Å². The van der Waals surface area contributed by atoms with Crippen molar-refractivity contribution in [2.75, 3.05) is 19.4 Å². The lowest BCUT2D eigenvalue weighted by Crippen LogP contribution is -2.34. The van der Waals surface area contributed by atoms with Crippen LogP contribution in [0.5, 0.6) is 0 Å². The van der Waals surface area contributed by atoms with Gasteiger partial charge in [0.05, 0.1) is 0 Å². The van der Waals surface area contributed by atoms with Crippen LogP contribution in [0.1, 0.15) is 25.7 Å². The standard InChI is InChI=1S/C9H19NOS/c1-12-9-5-2-4-8(9)10-6-3-7-11/h8-11H,2-7H2,1H3. The average molecular weight is 189 g/mol. The first-order valence-electron chi connectivity index (χ1n) is 4.75. The molecule has 2 N–H and O–H groups in total. The fourth-order valence-corrected chi connectivity index (χ4v) is 2.77. The molecular formula is C9H19NOS. The molecule has 1 rings (SSSR count). The molecule has 1 saturated carbocycles. The third-order valence-electron chi connectivity index (χ3n) is 2.50. The zero-order valence-corrected chi connectivity index (χ0v) is 8.57. The molecule has 72 valence electrons. The first-order chi connectivity index (χ1) is 5.88. The van der Waals surface area contributed by atoms with E-state index in [-0.39, 0.29) is 0 Å². The van der Waals surface area contributed by atoms with Crippen LogP contribution in [0, 0.1) is 0 Å². The highest BCUT2D eigenvalue weighted by Gasteiger charge is 2.25. The average Bonchev–Trinajstić information content (AvgIpc) is 2.52. The minimum atomic E-state index is 0.309. The molecule has 0 aromatic rings. The van der Waals surface area contributed by atoms with Crippen LogP contribution in [0.15, 0.2) is 0 Å². The van der Waals surface area contributed by atoms with E-state index in [2.05, 4.69) is 11.6 Å². The molecule has 2 unspecified atom stereocenters. The Morgan fingerprint density at radius 3 is 3.00 bits per heavy atom. The van der Waals surface area contributed by atoms with Crippen LogP contribution in [-0.2, 0) is 0 Å². The highest BCUT2D eigenvalue weighted by molar-refractivity contribution is 7.99. The second kappa shape index (κ2) is 5.84. The summed E-state index contributed by atoms with van der Waals surface area (Å²) in [5, 5.41) is 12.9. The number of aliphatic hydroxyl groups is 1. The Bertz CT molecular complexity index is 121. The number of nitrogens with one attached hydrogen (secondary N) is 1. The first kappa shape index (κ1) is 10.4. The molecule has 0 saturated heterocycles. The predicted molar refractivity (Wildman–Crippen MR) is 54.6 cm³/mol. The molecule has 0 aromatic heterocycles. The number of thioether (sulfide) groups is 1. The molecule has 0 aliphatic heterocycles. The second-order valence-electron chi connectivity index (χ2n) is 3.34. The second-order valence-corrected chi connectivity index (χ2v) is 4.42. The van der Waals surface area contributed by atoms with E-state index in [0.29, 0.717) is 12.6 Å². The molecule has 1 fully saturated rings. The van der Waals surface area contributed by atoms with Crippen LogP contribution in [0.4, 0.5) is 0 Å². The Hall–Kier alpha value is 0.270. The topological polar surface area (TPSA) is 32.3 Å². The molecular weight excluding hydrogens is 170 g/mol. The van der Waals surface area contributed by atoms with E-state index in [1.165, 1.54) is 19.3 Å². The SMILES string of the molecule is CSC1CCCC1NCCCO. The number of hydrogen-bond acceptors (Lipinski definition) is 3. The molecule has 1 aliphatic rings. The Morgan fingerprint density at radius 2 is 2.33 bits per heavy atom. The third-order valence-corrected chi connectivity index (χ3v) is 3.67. The Labute approximate surface area is 79.1 Å². The molecule has 3 heteroatoms. The van der Waals surface area contributed by atoms with Crippen LogP contribution >= 0.6 is 11.8 Å². The molecule has 0 amide bonds. The normalized spacial score (nSPS) is 29.5. The van der Waals surface area contributed by atoms with E-state index >= 15 is 0 Å². The van der Waals surface area contributed by atoms with Crippen molar-refractivity contribution in [3.05, 3.63) is 0 Å². The molecule has 0 spiro atoms. The van der Waals surface area contributed by atoms with Crippen molar-refractivity contribution < 1.29 is 5.11 Å². The van der Waals surface area contributed by atoms with Crippen molar-refractivity contribution >= 4 is 11.8 Å². The van der Waals surface area contributed by atoms with Gasteiger partial charge in [0.1, 0.15) is 0 Å². The number of hydrogen-bond donors (Lipinski definition) is 2. The van der Waals surface area contributed by atoms with Crippen molar-refractivity contribution in [3.63, 3.8) is 0 Å². The largest absolute Gasteiger partial charge is 0.396 e. The summed E-state index contributed by atoms with van der Waals surface area (Å²) in [6.07, 6.45) is 7.12. The van der Waals surface area contributed by atoms with Gasteiger partial charge >= 0.3 is 0 Å². The fraction of sp³-hybridized carbons (Fsp3) is 1.00. The van der Waals surface area contributed by atoms with E-state index in [1.54, 1.807) is 0 Å². The maximum absolute atomic E-state index is 8.62. The van der Waals surface area contributed by atoms with Gasteiger partial charge in [-0.05, 0) is 32.1 Å². The Morgan fingerprint density at radius 1 is 1.50 bits per heavy atom. The van der Waals surface area contributed by atoms with E-state index < -0.39 is 0 Å². The van der Waals surface area contributed by atoms with Crippen molar-refractivity contribution in [2.45, 2.75) is 37.0 Å². The maximum atomic E-state index is 8.62. The Balaban J connectivity index is 2.12. The van der Waals surface area contributed by atoms with Gasteiger partial charge in [0, 0.05) is 17.9 Å². The quantitative estimate of drug-likeness (QED) is 0.638. The van der Waals surface area contributed by atoms with Crippen LogP contribution in [0.25, 0.3) is 0 Å². The Kier molecular flexibility index (Phi) is 5.04. The van der Waals surface area contributed by atoms with E-state index in [4.69, 9.17) is 5.11 Å². The minimum absolute atomic E-state index is 0.309. The molecule has 0 heterocycles. The summed E-state index contributed by atoms with van der Waals surface area (Å²) in [7, 11) is 0.